The van der Waals surface area contributed by atoms with Gasteiger partial charge >= 0.3 is 0 Å². The van der Waals surface area contributed by atoms with E-state index in [1.165, 1.54) is 17.6 Å². The number of hydrogen-bond acceptors (Lipinski definition) is 10. The quantitative estimate of drug-likeness (QED) is 0.382. The van der Waals surface area contributed by atoms with Crippen molar-refractivity contribution in [2.24, 2.45) is 5.10 Å². The van der Waals surface area contributed by atoms with Gasteiger partial charge in [0.2, 0.25) is 5.95 Å². The van der Waals surface area contributed by atoms with Gasteiger partial charge in [-0.25, -0.2) is 15.0 Å². The first-order chi connectivity index (χ1) is 15.6. The highest BCUT2D eigenvalue weighted by atomic mass is 35.5. The van der Waals surface area contributed by atoms with Gasteiger partial charge in [0, 0.05) is 48.2 Å². The average Bonchev–Trinajstić information content (AvgIpc) is 3.21. The predicted molar refractivity (Wildman–Crippen MR) is 127 cm³/mol. The average molecular weight is 471 g/mol. The van der Waals surface area contributed by atoms with Crippen molar-refractivity contribution >= 4 is 40.8 Å². The standard InChI is InChI=1S/C21H23ClN8OS/c1-14-19(15-3-2-6-24-10-15)27-21(32-14)31-13-18(9-23)29-28-17-4-7-30(8-5-17)20-25-11-16(22)12-26-20/h2-3,6,9-12,17,23,28H,4-5,7-8,13H2,1H3/b23-9?,29-18+. The van der Waals surface area contributed by atoms with Gasteiger partial charge in [0.1, 0.15) is 12.3 Å². The van der Waals surface area contributed by atoms with Crippen molar-refractivity contribution in [1.29, 1.82) is 5.41 Å². The number of rotatable bonds is 8. The number of aromatic nitrogens is 4. The van der Waals surface area contributed by atoms with Crippen molar-refractivity contribution in [2.45, 2.75) is 25.8 Å². The van der Waals surface area contributed by atoms with Gasteiger partial charge in [-0.2, -0.15) is 5.10 Å². The molecule has 2 N–H and O–H groups in total. The monoisotopic (exact) mass is 470 g/mol. The van der Waals surface area contributed by atoms with Crippen LogP contribution in [0.2, 0.25) is 5.02 Å². The van der Waals surface area contributed by atoms with E-state index in [0.717, 1.165) is 42.1 Å². The van der Waals surface area contributed by atoms with Gasteiger partial charge in [0.05, 0.1) is 23.1 Å². The molecule has 0 bridgehead atoms. The third-order valence-electron chi connectivity index (χ3n) is 5.00. The van der Waals surface area contributed by atoms with Crippen LogP contribution in [-0.2, 0) is 0 Å². The highest BCUT2D eigenvalue weighted by Crippen LogP contribution is 2.31. The van der Waals surface area contributed by atoms with Crippen molar-refractivity contribution in [2.75, 3.05) is 24.6 Å². The second kappa shape index (κ2) is 10.5. The molecule has 0 amide bonds. The number of pyridine rings is 1. The smallest absolute Gasteiger partial charge is 0.274 e. The zero-order valence-corrected chi connectivity index (χ0v) is 19.1. The molecule has 9 nitrogen and oxygen atoms in total. The second-order valence-electron chi connectivity index (χ2n) is 7.25. The minimum Gasteiger partial charge on any atom is -0.463 e. The molecule has 3 aromatic heterocycles. The lowest BCUT2D eigenvalue weighted by molar-refractivity contribution is 0.372. The fourth-order valence-corrected chi connectivity index (χ4v) is 4.17. The second-order valence-corrected chi connectivity index (χ2v) is 8.86. The Morgan fingerprint density at radius 2 is 2.12 bits per heavy atom. The van der Waals surface area contributed by atoms with Crippen LogP contribution in [0, 0.1) is 12.3 Å². The molecule has 0 radical (unpaired) electrons. The predicted octanol–water partition coefficient (Wildman–Crippen LogP) is 3.60. The Hall–Kier alpha value is -3.11. The van der Waals surface area contributed by atoms with E-state index in [0.29, 0.717) is 21.9 Å². The Morgan fingerprint density at radius 1 is 1.34 bits per heavy atom. The summed E-state index contributed by atoms with van der Waals surface area (Å²) >= 11 is 7.33. The summed E-state index contributed by atoms with van der Waals surface area (Å²) in [7, 11) is 0. The largest absolute Gasteiger partial charge is 0.463 e. The van der Waals surface area contributed by atoms with E-state index in [4.69, 9.17) is 21.7 Å². The lowest BCUT2D eigenvalue weighted by Crippen LogP contribution is -2.42. The van der Waals surface area contributed by atoms with Crippen LogP contribution in [0.15, 0.2) is 42.0 Å². The minimum absolute atomic E-state index is 0.174. The Kier molecular flexibility index (Phi) is 7.23. The number of aryl methyl sites for hydroxylation is 1. The fraction of sp³-hybridized carbons (Fsp3) is 0.333. The van der Waals surface area contributed by atoms with Crippen molar-refractivity contribution in [1.82, 2.24) is 25.4 Å². The molecular formula is C21H23ClN8OS. The molecule has 0 atom stereocenters. The van der Waals surface area contributed by atoms with Crippen LogP contribution in [0.5, 0.6) is 5.19 Å². The molecule has 32 heavy (non-hydrogen) atoms. The number of ether oxygens (including phenoxy) is 1. The lowest BCUT2D eigenvalue weighted by Gasteiger charge is -2.31. The third-order valence-corrected chi connectivity index (χ3v) is 6.08. The summed E-state index contributed by atoms with van der Waals surface area (Å²) in [5.41, 5.74) is 5.49. The SMILES string of the molecule is Cc1sc(OC/C(C=N)=N/NC2CCN(c3ncc(Cl)cn3)CC2)nc1-c1cccnc1. The van der Waals surface area contributed by atoms with Gasteiger partial charge in [0.15, 0.2) is 0 Å². The summed E-state index contributed by atoms with van der Waals surface area (Å²) in [6.45, 7) is 3.82. The van der Waals surface area contributed by atoms with Crippen molar-refractivity contribution in [3.05, 3.63) is 46.8 Å². The van der Waals surface area contributed by atoms with Crippen LogP contribution < -0.4 is 15.1 Å². The number of piperidine rings is 1. The number of anilines is 1. The first-order valence-electron chi connectivity index (χ1n) is 10.2. The molecule has 0 saturated carbocycles. The Labute approximate surface area is 195 Å². The summed E-state index contributed by atoms with van der Waals surface area (Å²) in [5, 5.41) is 13.1. The van der Waals surface area contributed by atoms with E-state index >= 15 is 0 Å². The van der Waals surface area contributed by atoms with E-state index in [9.17, 15) is 0 Å². The fourth-order valence-electron chi connectivity index (χ4n) is 3.30. The minimum atomic E-state index is 0.174. The van der Waals surface area contributed by atoms with Crippen molar-refractivity contribution < 1.29 is 4.74 Å². The van der Waals surface area contributed by atoms with Gasteiger partial charge in [-0.3, -0.25) is 4.98 Å². The highest BCUT2D eigenvalue weighted by molar-refractivity contribution is 7.13. The van der Waals surface area contributed by atoms with Gasteiger partial charge in [-0.15, -0.1) is 0 Å². The van der Waals surface area contributed by atoms with Crippen LogP contribution in [0.4, 0.5) is 5.95 Å². The maximum absolute atomic E-state index is 7.65. The van der Waals surface area contributed by atoms with Gasteiger partial charge < -0.3 is 20.5 Å². The number of nitrogens with one attached hydrogen (secondary N) is 2. The summed E-state index contributed by atoms with van der Waals surface area (Å²) in [6, 6.07) is 4.07. The van der Waals surface area contributed by atoms with Crippen LogP contribution in [-0.4, -0.2) is 57.6 Å². The molecule has 1 aliphatic heterocycles. The molecular weight excluding hydrogens is 448 g/mol. The normalized spacial score (nSPS) is 14.9. The van der Waals surface area contributed by atoms with Gasteiger partial charge in [-0.05, 0) is 31.9 Å². The first kappa shape index (κ1) is 22.1. The maximum atomic E-state index is 7.65. The number of hydrazone groups is 1. The Bertz CT molecular complexity index is 1070. The number of hydrogen-bond donors (Lipinski definition) is 2. The lowest BCUT2D eigenvalue weighted by atomic mass is 10.1. The first-order valence-corrected chi connectivity index (χ1v) is 11.4. The molecule has 166 valence electrons. The van der Waals surface area contributed by atoms with Crippen LogP contribution in [0.3, 0.4) is 0 Å². The maximum Gasteiger partial charge on any atom is 0.274 e. The zero-order valence-electron chi connectivity index (χ0n) is 17.5. The summed E-state index contributed by atoms with van der Waals surface area (Å²) in [6.07, 6.45) is 9.72. The Morgan fingerprint density at radius 3 is 2.81 bits per heavy atom. The Balaban J connectivity index is 1.28. The number of halogens is 1. The van der Waals surface area contributed by atoms with Crippen LogP contribution >= 0.6 is 22.9 Å². The molecule has 1 fully saturated rings. The van der Waals surface area contributed by atoms with E-state index in [-0.39, 0.29) is 12.6 Å². The van der Waals surface area contributed by atoms with Crippen molar-refractivity contribution in [3.63, 3.8) is 0 Å². The summed E-state index contributed by atoms with van der Waals surface area (Å²) in [5.74, 6) is 0.689. The highest BCUT2D eigenvalue weighted by Gasteiger charge is 2.20. The van der Waals surface area contributed by atoms with Gasteiger partial charge in [-0.1, -0.05) is 22.9 Å². The van der Waals surface area contributed by atoms with Crippen molar-refractivity contribution in [3.8, 4) is 16.5 Å². The van der Waals surface area contributed by atoms with E-state index in [1.54, 1.807) is 24.8 Å². The molecule has 0 spiro atoms. The van der Waals surface area contributed by atoms with Gasteiger partial charge in [0.25, 0.3) is 5.19 Å². The van der Waals surface area contributed by atoms with E-state index < -0.39 is 0 Å². The molecule has 1 aliphatic rings. The third kappa shape index (κ3) is 5.57. The van der Waals surface area contributed by atoms with E-state index in [1.807, 2.05) is 19.1 Å². The summed E-state index contributed by atoms with van der Waals surface area (Å²) in [4.78, 5) is 20.4. The molecule has 11 heteroatoms. The zero-order chi connectivity index (χ0) is 22.3. The molecule has 0 aliphatic carbocycles. The van der Waals surface area contributed by atoms with E-state index in [2.05, 4.69) is 35.4 Å². The van der Waals surface area contributed by atoms with Crippen LogP contribution in [0.25, 0.3) is 11.3 Å². The van der Waals surface area contributed by atoms with Crippen LogP contribution in [0.1, 0.15) is 17.7 Å². The topological polar surface area (TPSA) is 112 Å². The number of nitrogens with zero attached hydrogens (tertiary/aromatic N) is 6. The molecule has 4 heterocycles. The molecule has 1 saturated heterocycles. The molecule has 0 unspecified atom stereocenters. The molecule has 0 aromatic carbocycles. The molecule has 3 aromatic rings. The number of thiazole rings is 1. The summed E-state index contributed by atoms with van der Waals surface area (Å²) < 4.78 is 5.80. The molecule has 4 rings (SSSR count).